The molecule has 6 heteroatoms. The summed E-state index contributed by atoms with van der Waals surface area (Å²) in [6.07, 6.45) is 2.95. The van der Waals surface area contributed by atoms with E-state index in [1.165, 1.54) is 0 Å². The fraction of sp³-hybridized carbons (Fsp3) is 0.727. The van der Waals surface area contributed by atoms with Gasteiger partial charge in [0.05, 0.1) is 0 Å². The van der Waals surface area contributed by atoms with Crippen molar-refractivity contribution in [2.24, 2.45) is 5.92 Å². The van der Waals surface area contributed by atoms with Crippen LogP contribution in [0.2, 0.25) is 0 Å². The van der Waals surface area contributed by atoms with E-state index >= 15 is 0 Å². The third kappa shape index (κ3) is 3.67. The minimum absolute atomic E-state index is 0.125. The van der Waals surface area contributed by atoms with Crippen molar-refractivity contribution in [2.45, 2.75) is 45.6 Å². The van der Waals surface area contributed by atoms with Gasteiger partial charge in [-0.05, 0) is 12.3 Å². The summed E-state index contributed by atoms with van der Waals surface area (Å²) in [6, 6.07) is -0.361. The number of carbonyl (C=O) groups is 2. The summed E-state index contributed by atoms with van der Waals surface area (Å²) in [5.74, 6) is -0.0496. The van der Waals surface area contributed by atoms with Crippen LogP contribution in [0.5, 0.6) is 0 Å². The van der Waals surface area contributed by atoms with Crippen molar-refractivity contribution in [3.63, 3.8) is 0 Å². The van der Waals surface area contributed by atoms with Gasteiger partial charge in [-0.25, -0.2) is 4.79 Å². The van der Waals surface area contributed by atoms with Gasteiger partial charge in [-0.1, -0.05) is 33.6 Å². The van der Waals surface area contributed by atoms with Crippen molar-refractivity contribution in [1.29, 1.82) is 0 Å². The third-order valence-electron chi connectivity index (χ3n) is 2.88. The molecule has 1 unspecified atom stereocenters. The first-order chi connectivity index (χ1) is 7.94. The van der Waals surface area contributed by atoms with E-state index in [4.69, 9.17) is 9.59 Å². The summed E-state index contributed by atoms with van der Waals surface area (Å²) in [6.45, 7) is 5.99. The second-order valence-electron chi connectivity index (χ2n) is 4.22. The molecule has 1 aliphatic heterocycles. The Hall–Kier alpha value is -1.68. The molecule has 3 amide bonds. The van der Waals surface area contributed by atoms with Gasteiger partial charge in [-0.15, -0.1) is 0 Å². The molecule has 1 rings (SSSR count). The maximum Gasteiger partial charge on any atom is 0.373 e. The molecule has 0 radical (unpaired) electrons. The predicted molar refractivity (Wildman–Crippen MR) is 58.8 cm³/mol. The van der Waals surface area contributed by atoms with Crippen LogP contribution in [-0.4, -0.2) is 23.6 Å². The highest BCUT2D eigenvalue weighted by molar-refractivity contribution is 6.07. The molecular weight excluding hydrogens is 224 g/mol. The highest BCUT2D eigenvalue weighted by Gasteiger charge is 2.47. The number of carbonyl (C=O) groups excluding carboxylic acids is 4. The van der Waals surface area contributed by atoms with Gasteiger partial charge in [0.25, 0.3) is 5.91 Å². The van der Waals surface area contributed by atoms with Crippen LogP contribution in [0.25, 0.3) is 0 Å². The number of amides is 3. The van der Waals surface area contributed by atoms with E-state index < -0.39 is 5.54 Å². The molecule has 1 atom stereocenters. The van der Waals surface area contributed by atoms with Crippen molar-refractivity contribution >= 4 is 18.1 Å². The highest BCUT2D eigenvalue weighted by Crippen LogP contribution is 2.26. The predicted octanol–water partition coefficient (Wildman–Crippen LogP) is 0.827. The van der Waals surface area contributed by atoms with Gasteiger partial charge in [-0.2, -0.15) is 9.59 Å². The standard InChI is InChI=1S/C10H18N2O2.CO2/c1-4-5-6-10(7(2)3)8(13)11-9(14)12-10;2-1-3/h7H,4-6H2,1-3H3,(H2,11,12,13,14);. The first-order valence-corrected chi connectivity index (χ1v) is 5.57. The molecule has 0 aromatic rings. The molecule has 0 aromatic heterocycles. The van der Waals surface area contributed by atoms with Gasteiger partial charge < -0.3 is 5.32 Å². The van der Waals surface area contributed by atoms with E-state index in [2.05, 4.69) is 17.6 Å². The van der Waals surface area contributed by atoms with Crippen molar-refractivity contribution in [2.75, 3.05) is 0 Å². The molecule has 1 heterocycles. The summed E-state index contributed by atoms with van der Waals surface area (Å²) in [5.41, 5.74) is -0.674. The summed E-state index contributed by atoms with van der Waals surface area (Å²) in [4.78, 5) is 39.0. The van der Waals surface area contributed by atoms with Crippen LogP contribution >= 0.6 is 0 Å². The lowest BCUT2D eigenvalue weighted by Gasteiger charge is -2.29. The topological polar surface area (TPSA) is 92.3 Å². The Balaban J connectivity index is 0.000000770. The molecule has 1 fully saturated rings. The van der Waals surface area contributed by atoms with Gasteiger partial charge in [0.15, 0.2) is 0 Å². The number of hydrogen-bond donors (Lipinski definition) is 2. The first kappa shape index (κ1) is 15.3. The van der Waals surface area contributed by atoms with E-state index in [1.807, 2.05) is 13.8 Å². The quantitative estimate of drug-likeness (QED) is 0.714. The van der Waals surface area contributed by atoms with E-state index in [-0.39, 0.29) is 24.0 Å². The summed E-state index contributed by atoms with van der Waals surface area (Å²) < 4.78 is 0. The van der Waals surface area contributed by atoms with Crippen molar-refractivity contribution < 1.29 is 19.2 Å². The highest BCUT2D eigenvalue weighted by atomic mass is 16.2. The molecular formula is C11H18N2O4. The smallest absolute Gasteiger partial charge is 0.323 e. The van der Waals surface area contributed by atoms with Crippen molar-refractivity contribution in [3.8, 4) is 0 Å². The summed E-state index contributed by atoms with van der Waals surface area (Å²) in [5, 5.41) is 5.06. The number of nitrogens with one attached hydrogen (secondary N) is 2. The van der Waals surface area contributed by atoms with Crippen LogP contribution in [0.1, 0.15) is 40.0 Å². The molecule has 2 N–H and O–H groups in total. The number of unbranched alkanes of at least 4 members (excludes halogenated alkanes) is 1. The fourth-order valence-corrected chi connectivity index (χ4v) is 1.83. The monoisotopic (exact) mass is 242 g/mol. The zero-order valence-corrected chi connectivity index (χ0v) is 10.3. The SMILES string of the molecule is CCCCC1(C(C)C)NC(=O)NC1=O.O=C=O. The molecule has 0 spiro atoms. The van der Waals surface area contributed by atoms with Crippen LogP contribution in [0.3, 0.4) is 0 Å². The minimum Gasteiger partial charge on any atom is -0.323 e. The van der Waals surface area contributed by atoms with Crippen LogP contribution in [-0.2, 0) is 14.4 Å². The van der Waals surface area contributed by atoms with Crippen LogP contribution in [0, 0.1) is 5.92 Å². The molecule has 6 nitrogen and oxygen atoms in total. The maximum absolute atomic E-state index is 11.7. The zero-order valence-electron chi connectivity index (χ0n) is 10.3. The summed E-state index contributed by atoms with van der Waals surface area (Å²) in [7, 11) is 0. The number of imide groups is 1. The van der Waals surface area contributed by atoms with Gasteiger partial charge in [0.1, 0.15) is 5.54 Å². The lowest BCUT2D eigenvalue weighted by molar-refractivity contribution is -0.191. The Morgan fingerprint density at radius 1 is 1.29 bits per heavy atom. The van der Waals surface area contributed by atoms with Gasteiger partial charge >= 0.3 is 12.2 Å². The Labute approximate surface area is 100 Å². The Morgan fingerprint density at radius 3 is 2.12 bits per heavy atom. The lowest BCUT2D eigenvalue weighted by Crippen LogP contribution is -2.51. The second kappa shape index (κ2) is 6.81. The van der Waals surface area contributed by atoms with E-state index in [1.54, 1.807) is 0 Å². The largest absolute Gasteiger partial charge is 0.373 e. The number of rotatable bonds is 4. The lowest BCUT2D eigenvalue weighted by atomic mass is 9.82. The minimum atomic E-state index is -0.674. The average molecular weight is 242 g/mol. The number of urea groups is 1. The van der Waals surface area contributed by atoms with E-state index in [0.29, 0.717) is 0 Å². The summed E-state index contributed by atoms with van der Waals surface area (Å²) >= 11 is 0. The second-order valence-corrected chi connectivity index (χ2v) is 4.22. The maximum atomic E-state index is 11.7. The molecule has 1 aliphatic rings. The molecule has 96 valence electrons. The fourth-order valence-electron chi connectivity index (χ4n) is 1.83. The van der Waals surface area contributed by atoms with E-state index in [0.717, 1.165) is 19.3 Å². The van der Waals surface area contributed by atoms with Crippen LogP contribution in [0.4, 0.5) is 4.79 Å². The normalized spacial score (nSPS) is 22.4. The average Bonchev–Trinajstić information content (AvgIpc) is 2.53. The molecule has 0 saturated carbocycles. The Kier molecular flexibility index (Phi) is 6.13. The first-order valence-electron chi connectivity index (χ1n) is 5.57. The molecule has 0 bridgehead atoms. The number of hydrogen-bond acceptors (Lipinski definition) is 4. The van der Waals surface area contributed by atoms with E-state index in [9.17, 15) is 9.59 Å². The van der Waals surface area contributed by atoms with Crippen LogP contribution < -0.4 is 10.6 Å². The third-order valence-corrected chi connectivity index (χ3v) is 2.88. The Morgan fingerprint density at radius 2 is 1.82 bits per heavy atom. The molecule has 0 aliphatic carbocycles. The van der Waals surface area contributed by atoms with Crippen LogP contribution in [0.15, 0.2) is 0 Å². The molecule has 1 saturated heterocycles. The van der Waals surface area contributed by atoms with Gasteiger partial charge in [0.2, 0.25) is 0 Å². The molecule has 17 heavy (non-hydrogen) atoms. The Bertz CT molecular complexity index is 321. The zero-order chi connectivity index (χ0) is 13.5. The van der Waals surface area contributed by atoms with Gasteiger partial charge in [0, 0.05) is 0 Å². The van der Waals surface area contributed by atoms with Crippen molar-refractivity contribution in [3.05, 3.63) is 0 Å². The molecule has 0 aromatic carbocycles. The van der Waals surface area contributed by atoms with Gasteiger partial charge in [-0.3, -0.25) is 10.1 Å². The van der Waals surface area contributed by atoms with Crippen molar-refractivity contribution in [1.82, 2.24) is 10.6 Å².